The number of hydrogen-bond donors (Lipinski definition) is 3. The third-order valence-electron chi connectivity index (χ3n) is 5.59. The molecule has 1 heterocycles. The van der Waals surface area contributed by atoms with E-state index in [-0.39, 0.29) is 12.3 Å². The molecule has 6 nitrogen and oxygen atoms in total. The Kier molecular flexibility index (Phi) is 6.75. The molecule has 0 aromatic heterocycles. The molecule has 3 N–H and O–H groups in total. The Bertz CT molecular complexity index is 1280. The molecule has 0 saturated heterocycles. The van der Waals surface area contributed by atoms with Crippen LogP contribution in [0.4, 0.5) is 15.8 Å². The summed E-state index contributed by atoms with van der Waals surface area (Å²) in [5.41, 5.74) is 5.11. The van der Waals surface area contributed by atoms with Crippen LogP contribution in [0.15, 0.2) is 66.7 Å². The normalized spacial score (nSPS) is 14.1. The molecular formula is C27H26FN3O3. The average molecular weight is 460 g/mol. The van der Waals surface area contributed by atoms with E-state index in [2.05, 4.69) is 21.6 Å². The first kappa shape index (κ1) is 23.2. The quantitative estimate of drug-likeness (QED) is 0.433. The summed E-state index contributed by atoms with van der Waals surface area (Å²) in [6, 6.07) is 19.2. The molecular weight excluding hydrogens is 433 g/mol. The number of hydrogen-bond acceptors (Lipinski definition) is 4. The Morgan fingerprint density at radius 1 is 1.03 bits per heavy atom. The molecule has 3 aromatic rings. The van der Waals surface area contributed by atoms with Gasteiger partial charge in [-0.25, -0.2) is 4.39 Å². The number of fused-ring (bicyclic) bond motifs is 1. The van der Waals surface area contributed by atoms with Crippen molar-refractivity contribution >= 4 is 34.5 Å². The van der Waals surface area contributed by atoms with Crippen LogP contribution >= 0.6 is 0 Å². The van der Waals surface area contributed by atoms with E-state index in [0.717, 1.165) is 24.2 Å². The van der Waals surface area contributed by atoms with E-state index in [4.69, 9.17) is 0 Å². The third kappa shape index (κ3) is 5.32. The molecule has 174 valence electrons. The first-order valence-corrected chi connectivity index (χ1v) is 11.0. The maximum Gasteiger partial charge on any atom is 0.307 e. The molecule has 3 aromatic carbocycles. The summed E-state index contributed by atoms with van der Waals surface area (Å²) in [4.78, 5) is 26.4. The van der Waals surface area contributed by atoms with Crippen molar-refractivity contribution in [2.75, 3.05) is 31.3 Å². The molecule has 0 fully saturated rings. The molecule has 7 heteroatoms. The van der Waals surface area contributed by atoms with E-state index in [9.17, 15) is 19.1 Å². The second-order valence-electron chi connectivity index (χ2n) is 8.54. The van der Waals surface area contributed by atoms with Crippen molar-refractivity contribution in [3.05, 3.63) is 94.8 Å². The number of halogens is 1. The predicted molar refractivity (Wildman–Crippen MR) is 132 cm³/mol. The Balaban J connectivity index is 1.81. The van der Waals surface area contributed by atoms with Gasteiger partial charge in [-0.1, -0.05) is 30.3 Å². The zero-order valence-corrected chi connectivity index (χ0v) is 19.1. The lowest BCUT2D eigenvalue weighted by Gasteiger charge is -2.17. The van der Waals surface area contributed by atoms with Gasteiger partial charge in [0.2, 0.25) is 0 Å². The fraction of sp³-hybridized carbons (Fsp3) is 0.185. The molecule has 0 unspecified atom stereocenters. The predicted octanol–water partition coefficient (Wildman–Crippen LogP) is 4.49. The number of carboxylic acid groups (broad SMARTS) is 1. The van der Waals surface area contributed by atoms with Crippen LogP contribution in [0.5, 0.6) is 0 Å². The monoisotopic (exact) mass is 459 g/mol. The van der Waals surface area contributed by atoms with E-state index >= 15 is 0 Å². The van der Waals surface area contributed by atoms with Crippen molar-refractivity contribution in [1.29, 1.82) is 0 Å². The van der Waals surface area contributed by atoms with Crippen molar-refractivity contribution in [2.24, 2.45) is 0 Å². The highest BCUT2D eigenvalue weighted by molar-refractivity contribution is 6.37. The Labute approximate surface area is 197 Å². The van der Waals surface area contributed by atoms with Crippen molar-refractivity contribution in [2.45, 2.75) is 12.8 Å². The summed E-state index contributed by atoms with van der Waals surface area (Å²) in [5.74, 6) is -1.73. The van der Waals surface area contributed by atoms with Gasteiger partial charge in [-0.15, -0.1) is 0 Å². The molecule has 0 spiro atoms. The Morgan fingerprint density at radius 3 is 2.56 bits per heavy atom. The van der Waals surface area contributed by atoms with Gasteiger partial charge >= 0.3 is 5.97 Å². The van der Waals surface area contributed by atoms with Gasteiger partial charge in [0.25, 0.3) is 5.91 Å². The molecule has 0 bridgehead atoms. The fourth-order valence-corrected chi connectivity index (χ4v) is 3.99. The van der Waals surface area contributed by atoms with Gasteiger partial charge in [-0.05, 0) is 73.6 Å². The number of carboxylic acids is 1. The van der Waals surface area contributed by atoms with Crippen molar-refractivity contribution in [3.8, 4) is 0 Å². The maximum atomic E-state index is 13.8. The third-order valence-corrected chi connectivity index (χ3v) is 5.59. The van der Waals surface area contributed by atoms with E-state index in [1.165, 1.54) is 12.1 Å². The first-order chi connectivity index (χ1) is 16.3. The lowest BCUT2D eigenvalue weighted by molar-refractivity contribution is -0.136. The number of nitrogens with one attached hydrogen (secondary N) is 2. The van der Waals surface area contributed by atoms with Crippen LogP contribution < -0.4 is 10.6 Å². The minimum absolute atomic E-state index is 0.134. The van der Waals surface area contributed by atoms with Crippen LogP contribution in [0.3, 0.4) is 0 Å². The van der Waals surface area contributed by atoms with Crippen LogP contribution in [-0.4, -0.2) is 42.5 Å². The lowest BCUT2D eigenvalue weighted by atomic mass is 9.98. The van der Waals surface area contributed by atoms with E-state index in [0.29, 0.717) is 33.6 Å². The number of likely N-dealkylation sites (N-methyl/N-ethyl adjacent to an activating group) is 1. The van der Waals surface area contributed by atoms with Gasteiger partial charge in [-0.2, -0.15) is 0 Å². The highest BCUT2D eigenvalue weighted by Gasteiger charge is 2.29. The number of carbonyl (C=O) groups excluding carboxylic acids is 1. The second kappa shape index (κ2) is 9.89. The van der Waals surface area contributed by atoms with Crippen LogP contribution in [0.25, 0.3) is 11.3 Å². The molecule has 1 aliphatic heterocycles. The molecule has 0 radical (unpaired) electrons. The smallest absolute Gasteiger partial charge is 0.307 e. The summed E-state index contributed by atoms with van der Waals surface area (Å²) in [6.07, 6.45) is 0.732. The average Bonchev–Trinajstić information content (AvgIpc) is 3.10. The maximum absolute atomic E-state index is 13.8. The van der Waals surface area contributed by atoms with Crippen molar-refractivity contribution < 1.29 is 19.1 Å². The molecule has 0 saturated carbocycles. The van der Waals surface area contributed by atoms with Crippen LogP contribution in [0, 0.1) is 5.82 Å². The summed E-state index contributed by atoms with van der Waals surface area (Å²) in [5, 5.41) is 15.4. The van der Waals surface area contributed by atoms with Gasteiger partial charge in [0.05, 0.1) is 23.4 Å². The molecule has 0 atom stereocenters. The van der Waals surface area contributed by atoms with E-state index < -0.39 is 11.8 Å². The summed E-state index contributed by atoms with van der Waals surface area (Å²) in [6.45, 7) is 0.899. The standard InChI is InChI=1S/C27H26FN3O3/c1-31(2)12-11-17-5-4-8-21(14-17)29-26(19-7-3-6-18(13-19)15-24(32)33)25-22-10-9-20(28)16-23(22)30-27(25)34/h3-10,13-14,16,29H,11-12,15H2,1-2H3,(H,30,34)(H,32,33). The van der Waals surface area contributed by atoms with E-state index in [1.54, 1.807) is 24.3 Å². The number of aliphatic carboxylic acids is 1. The minimum atomic E-state index is -0.938. The summed E-state index contributed by atoms with van der Waals surface area (Å²) >= 11 is 0. The lowest BCUT2D eigenvalue weighted by Crippen LogP contribution is -2.15. The largest absolute Gasteiger partial charge is 0.481 e. The zero-order chi connectivity index (χ0) is 24.2. The van der Waals surface area contributed by atoms with Gasteiger partial charge in [0.15, 0.2) is 0 Å². The van der Waals surface area contributed by atoms with Crippen molar-refractivity contribution in [1.82, 2.24) is 4.90 Å². The summed E-state index contributed by atoms with van der Waals surface area (Å²) < 4.78 is 13.8. The van der Waals surface area contributed by atoms with Gasteiger partial charge in [-0.3, -0.25) is 9.59 Å². The highest BCUT2D eigenvalue weighted by Crippen LogP contribution is 2.38. The number of anilines is 2. The Morgan fingerprint density at radius 2 is 1.79 bits per heavy atom. The molecule has 34 heavy (non-hydrogen) atoms. The topological polar surface area (TPSA) is 81.7 Å². The van der Waals surface area contributed by atoms with Gasteiger partial charge in [0, 0.05) is 17.8 Å². The number of benzene rings is 3. The molecule has 0 aliphatic carbocycles. The second-order valence-corrected chi connectivity index (χ2v) is 8.54. The van der Waals surface area contributed by atoms with Crippen molar-refractivity contribution in [3.63, 3.8) is 0 Å². The minimum Gasteiger partial charge on any atom is -0.481 e. The van der Waals surface area contributed by atoms with Crippen LogP contribution in [0.2, 0.25) is 0 Å². The number of amides is 1. The van der Waals surface area contributed by atoms with Crippen LogP contribution in [-0.2, 0) is 22.4 Å². The summed E-state index contributed by atoms with van der Waals surface area (Å²) in [7, 11) is 4.04. The highest BCUT2D eigenvalue weighted by atomic mass is 19.1. The molecule has 1 amide bonds. The van der Waals surface area contributed by atoms with Gasteiger partial charge in [0.1, 0.15) is 5.82 Å². The number of carbonyl (C=O) groups is 2. The molecule has 1 aliphatic rings. The van der Waals surface area contributed by atoms with E-state index in [1.807, 2.05) is 38.4 Å². The van der Waals surface area contributed by atoms with Gasteiger partial charge < -0.3 is 20.6 Å². The molecule has 4 rings (SSSR count). The SMILES string of the molecule is CN(C)CCc1cccc(NC(=C2C(=O)Nc3cc(F)ccc32)c2cccc(CC(=O)O)c2)c1. The first-order valence-electron chi connectivity index (χ1n) is 11.0. The van der Waals surface area contributed by atoms with Crippen LogP contribution in [0.1, 0.15) is 22.3 Å². The zero-order valence-electron chi connectivity index (χ0n) is 19.1. The number of rotatable bonds is 8. The Hall–Kier alpha value is -3.97. The fourth-order valence-electron chi connectivity index (χ4n) is 3.99. The number of nitrogens with zero attached hydrogens (tertiary/aromatic N) is 1.